The van der Waals surface area contributed by atoms with Crippen molar-refractivity contribution in [2.45, 2.75) is 45.8 Å². The summed E-state index contributed by atoms with van der Waals surface area (Å²) in [6, 6.07) is 3.78. The van der Waals surface area contributed by atoms with E-state index >= 15 is 0 Å². The number of carbonyl (C=O) groups excluding carboxylic acids is 1. The predicted molar refractivity (Wildman–Crippen MR) is 107 cm³/mol. The number of thiazole rings is 1. The summed E-state index contributed by atoms with van der Waals surface area (Å²) < 4.78 is 18.2. The van der Waals surface area contributed by atoms with Gasteiger partial charge >= 0.3 is 0 Å². The van der Waals surface area contributed by atoms with Crippen LogP contribution in [0.15, 0.2) is 12.1 Å². The molecule has 148 valence electrons. The van der Waals surface area contributed by atoms with E-state index in [4.69, 9.17) is 25.8 Å². The summed E-state index contributed by atoms with van der Waals surface area (Å²) in [7, 11) is 0. The molecule has 1 atom stereocenters. The van der Waals surface area contributed by atoms with E-state index in [1.807, 2.05) is 26.0 Å². The Kier molecular flexibility index (Phi) is 6.78. The van der Waals surface area contributed by atoms with E-state index < -0.39 is 0 Å². The van der Waals surface area contributed by atoms with Gasteiger partial charge in [0.05, 0.1) is 41.2 Å². The van der Waals surface area contributed by atoms with Crippen LogP contribution in [-0.2, 0) is 9.53 Å². The number of fused-ring (bicyclic) bond motifs is 1. The fourth-order valence-electron chi connectivity index (χ4n) is 3.03. The molecule has 1 saturated carbocycles. The summed E-state index contributed by atoms with van der Waals surface area (Å²) in [6.45, 7) is 7.13. The average molecular weight is 413 g/mol. The molecule has 1 N–H and O–H groups in total. The van der Waals surface area contributed by atoms with Crippen molar-refractivity contribution in [1.29, 1.82) is 0 Å². The van der Waals surface area contributed by atoms with Gasteiger partial charge in [-0.25, -0.2) is 4.98 Å². The molecule has 2 aromatic rings. The van der Waals surface area contributed by atoms with Crippen LogP contribution in [-0.4, -0.2) is 42.9 Å². The molecule has 0 unspecified atom stereocenters. The van der Waals surface area contributed by atoms with Gasteiger partial charge in [0.2, 0.25) is 5.91 Å². The number of amides is 1. The van der Waals surface area contributed by atoms with Crippen LogP contribution in [0, 0.1) is 5.92 Å². The Labute approximate surface area is 168 Å². The van der Waals surface area contributed by atoms with Gasteiger partial charge in [-0.3, -0.25) is 4.79 Å². The van der Waals surface area contributed by atoms with Crippen molar-refractivity contribution >= 4 is 39.1 Å². The molecule has 0 spiro atoms. The highest BCUT2D eigenvalue weighted by atomic mass is 35.5. The Morgan fingerprint density at radius 3 is 2.89 bits per heavy atom. The Bertz CT molecular complexity index is 791. The highest BCUT2D eigenvalue weighted by Crippen LogP contribution is 2.37. The summed E-state index contributed by atoms with van der Waals surface area (Å²) in [4.78, 5) is 15.4. The van der Waals surface area contributed by atoms with Crippen LogP contribution in [0.2, 0.25) is 5.02 Å². The Balaban J connectivity index is 1.44. The molecule has 1 fully saturated rings. The predicted octanol–water partition coefficient (Wildman–Crippen LogP) is 4.05. The van der Waals surface area contributed by atoms with Gasteiger partial charge in [-0.15, -0.1) is 0 Å². The van der Waals surface area contributed by atoms with Crippen LogP contribution < -0.4 is 14.8 Å². The zero-order valence-electron chi connectivity index (χ0n) is 15.8. The van der Waals surface area contributed by atoms with Crippen molar-refractivity contribution in [3.63, 3.8) is 0 Å². The molecule has 1 aromatic heterocycles. The first-order valence-corrected chi connectivity index (χ1v) is 10.4. The molecule has 1 aliphatic carbocycles. The largest absolute Gasteiger partial charge is 0.492 e. The topological polar surface area (TPSA) is 69.7 Å². The van der Waals surface area contributed by atoms with Crippen LogP contribution in [0.5, 0.6) is 10.9 Å². The minimum absolute atomic E-state index is 0.0318. The number of carbonyl (C=O) groups is 1. The first-order valence-electron chi connectivity index (χ1n) is 9.19. The monoisotopic (exact) mass is 412 g/mol. The van der Waals surface area contributed by atoms with Gasteiger partial charge in [-0.05, 0) is 38.7 Å². The quantitative estimate of drug-likeness (QED) is 0.672. The van der Waals surface area contributed by atoms with Crippen molar-refractivity contribution in [3.05, 3.63) is 17.2 Å². The molecule has 3 rings (SSSR count). The third-order valence-electron chi connectivity index (χ3n) is 4.39. The van der Waals surface area contributed by atoms with Gasteiger partial charge in [0.25, 0.3) is 5.19 Å². The molecule has 0 bridgehead atoms. The second-order valence-electron chi connectivity index (χ2n) is 6.87. The molecular weight excluding hydrogens is 388 g/mol. The fourth-order valence-corrected chi connectivity index (χ4v) is 4.12. The van der Waals surface area contributed by atoms with E-state index in [0.29, 0.717) is 41.7 Å². The average Bonchev–Trinajstić information content (AvgIpc) is 2.93. The fraction of sp³-hybridized carbons (Fsp3) is 0.579. The van der Waals surface area contributed by atoms with Gasteiger partial charge in [0.15, 0.2) is 0 Å². The van der Waals surface area contributed by atoms with Crippen LogP contribution in [0.25, 0.3) is 10.2 Å². The molecule has 1 aliphatic rings. The van der Waals surface area contributed by atoms with Crippen molar-refractivity contribution in [3.8, 4) is 10.9 Å². The van der Waals surface area contributed by atoms with E-state index in [-0.39, 0.29) is 18.1 Å². The lowest BCUT2D eigenvalue weighted by molar-refractivity contribution is -0.120. The van der Waals surface area contributed by atoms with Crippen LogP contribution in [0.4, 0.5) is 0 Å². The second-order valence-corrected chi connectivity index (χ2v) is 8.27. The normalized spacial score (nSPS) is 20.1. The zero-order valence-corrected chi connectivity index (χ0v) is 17.4. The standard InChI is InChI=1S/C19H25ClN2O4S/c1-4-24-19-22-16-7-15(20)17(8-18(16)27-19)26-10-13-5-14(6-13)25-9-11(2)21-12(3)23/h7-8,11,13-14H,4-6,9-10H2,1-3H3,(H,21,23)/t11-,13?,14?/m0/s1. The number of hydrogen-bond acceptors (Lipinski definition) is 6. The Hall–Kier alpha value is -1.57. The molecule has 0 radical (unpaired) electrons. The number of benzene rings is 1. The third-order valence-corrected chi connectivity index (χ3v) is 5.61. The van der Waals surface area contributed by atoms with Crippen LogP contribution in [0.1, 0.15) is 33.6 Å². The minimum Gasteiger partial charge on any atom is -0.492 e. The lowest BCUT2D eigenvalue weighted by Crippen LogP contribution is -2.40. The van der Waals surface area contributed by atoms with E-state index in [9.17, 15) is 4.79 Å². The smallest absolute Gasteiger partial charge is 0.274 e. The zero-order chi connectivity index (χ0) is 19.4. The maximum Gasteiger partial charge on any atom is 0.274 e. The maximum absolute atomic E-state index is 11.0. The van der Waals surface area contributed by atoms with Gasteiger partial charge in [-0.2, -0.15) is 0 Å². The molecule has 27 heavy (non-hydrogen) atoms. The number of aromatic nitrogens is 1. The summed E-state index contributed by atoms with van der Waals surface area (Å²) in [5.74, 6) is 1.10. The third kappa shape index (κ3) is 5.46. The number of ether oxygens (including phenoxy) is 3. The number of nitrogens with one attached hydrogen (secondary N) is 1. The van der Waals surface area contributed by atoms with Crippen LogP contribution >= 0.6 is 22.9 Å². The lowest BCUT2D eigenvalue weighted by atomic mass is 9.83. The van der Waals surface area contributed by atoms with Crippen molar-refractivity contribution in [2.75, 3.05) is 19.8 Å². The minimum atomic E-state index is -0.0332. The molecular formula is C19H25ClN2O4S. The first kappa shape index (κ1) is 20.2. The number of halogens is 1. The molecule has 0 aliphatic heterocycles. The molecule has 0 saturated heterocycles. The Morgan fingerprint density at radius 2 is 2.19 bits per heavy atom. The highest BCUT2D eigenvalue weighted by Gasteiger charge is 2.31. The molecule has 1 aromatic carbocycles. The summed E-state index contributed by atoms with van der Waals surface area (Å²) in [5.41, 5.74) is 0.825. The van der Waals surface area contributed by atoms with Gasteiger partial charge < -0.3 is 19.5 Å². The number of hydrogen-bond donors (Lipinski definition) is 1. The van der Waals surface area contributed by atoms with Gasteiger partial charge in [0, 0.05) is 19.0 Å². The van der Waals surface area contributed by atoms with Crippen molar-refractivity contribution in [1.82, 2.24) is 10.3 Å². The molecule has 1 heterocycles. The molecule has 8 heteroatoms. The second kappa shape index (κ2) is 9.08. The first-order chi connectivity index (χ1) is 12.9. The van der Waals surface area contributed by atoms with Crippen LogP contribution in [0.3, 0.4) is 0 Å². The number of rotatable bonds is 9. The van der Waals surface area contributed by atoms with E-state index in [2.05, 4.69) is 10.3 Å². The summed E-state index contributed by atoms with van der Waals surface area (Å²) >= 11 is 7.82. The molecule has 1 amide bonds. The molecule has 6 nitrogen and oxygen atoms in total. The van der Waals surface area contributed by atoms with E-state index in [1.54, 1.807) is 0 Å². The SMILES string of the molecule is CCOc1nc2cc(Cl)c(OCC3CC(OC[C@H](C)NC(C)=O)C3)cc2s1. The van der Waals surface area contributed by atoms with Gasteiger partial charge in [0.1, 0.15) is 5.75 Å². The summed E-state index contributed by atoms with van der Waals surface area (Å²) in [6.07, 6.45) is 2.16. The van der Waals surface area contributed by atoms with Crippen molar-refractivity contribution in [2.24, 2.45) is 5.92 Å². The number of nitrogens with zero attached hydrogens (tertiary/aromatic N) is 1. The Morgan fingerprint density at radius 1 is 1.41 bits per heavy atom. The maximum atomic E-state index is 11.0. The van der Waals surface area contributed by atoms with E-state index in [1.165, 1.54) is 18.3 Å². The van der Waals surface area contributed by atoms with Crippen molar-refractivity contribution < 1.29 is 19.0 Å². The van der Waals surface area contributed by atoms with Gasteiger partial charge in [-0.1, -0.05) is 22.9 Å². The highest BCUT2D eigenvalue weighted by molar-refractivity contribution is 7.20. The summed E-state index contributed by atoms with van der Waals surface area (Å²) in [5, 5.41) is 4.03. The lowest BCUT2D eigenvalue weighted by Gasteiger charge is -2.35. The van der Waals surface area contributed by atoms with E-state index in [0.717, 1.165) is 23.1 Å².